The van der Waals surface area contributed by atoms with Gasteiger partial charge in [-0.15, -0.1) is 11.8 Å². The van der Waals surface area contributed by atoms with Gasteiger partial charge in [0, 0.05) is 31.4 Å². The largest absolute Gasteiger partial charge is 0.338 e. The van der Waals surface area contributed by atoms with Crippen molar-refractivity contribution < 1.29 is 0 Å². The highest BCUT2D eigenvalue weighted by atomic mass is 32.2. The molecule has 0 bridgehead atoms. The Hall–Kier alpha value is -1.75. The van der Waals surface area contributed by atoms with Gasteiger partial charge in [0.25, 0.3) is 0 Å². The van der Waals surface area contributed by atoms with E-state index in [-0.39, 0.29) is 0 Å². The fourth-order valence-electron chi connectivity index (χ4n) is 2.28. The second-order valence-electron chi connectivity index (χ2n) is 4.15. The Morgan fingerprint density at radius 1 is 1.00 bits per heavy atom. The Morgan fingerprint density at radius 2 is 1.78 bits per heavy atom. The lowest BCUT2D eigenvalue weighted by atomic mass is 10.2. The van der Waals surface area contributed by atoms with Crippen LogP contribution in [0.25, 0.3) is 0 Å². The van der Waals surface area contributed by atoms with Gasteiger partial charge >= 0.3 is 0 Å². The second-order valence-corrected chi connectivity index (χ2v) is 5.00. The zero-order valence-corrected chi connectivity index (χ0v) is 11.4. The standard InChI is InChI=1S/C13H14N4S/c1-16-9-5-4-7-14-12(9)17(2)13-11(16)10(18-3)6-8-15-13/h4-8H,1-3H3. The van der Waals surface area contributed by atoms with Crippen LogP contribution in [0.4, 0.5) is 23.0 Å². The third-order valence-electron chi connectivity index (χ3n) is 3.19. The fourth-order valence-corrected chi connectivity index (χ4v) is 2.90. The Labute approximate surface area is 111 Å². The van der Waals surface area contributed by atoms with Crippen molar-refractivity contribution in [1.82, 2.24) is 9.97 Å². The number of thioether (sulfide) groups is 1. The Kier molecular flexibility index (Phi) is 2.63. The van der Waals surface area contributed by atoms with E-state index in [1.165, 1.54) is 4.90 Å². The molecule has 0 fully saturated rings. The minimum atomic E-state index is 0.943. The number of rotatable bonds is 1. The monoisotopic (exact) mass is 258 g/mol. The van der Waals surface area contributed by atoms with Crippen LogP contribution < -0.4 is 9.80 Å². The highest BCUT2D eigenvalue weighted by Gasteiger charge is 2.27. The molecule has 3 heterocycles. The molecular formula is C13H14N4S. The molecule has 1 aliphatic rings. The van der Waals surface area contributed by atoms with Crippen molar-refractivity contribution >= 4 is 34.8 Å². The molecule has 2 aromatic heterocycles. The molecule has 1 aliphatic heterocycles. The van der Waals surface area contributed by atoms with Gasteiger partial charge in [0.05, 0.1) is 11.4 Å². The first-order valence-electron chi connectivity index (χ1n) is 5.69. The average molecular weight is 258 g/mol. The summed E-state index contributed by atoms with van der Waals surface area (Å²) in [6, 6.07) is 6.09. The van der Waals surface area contributed by atoms with Gasteiger partial charge in [-0.05, 0) is 24.5 Å². The molecule has 0 amide bonds. The van der Waals surface area contributed by atoms with Crippen LogP contribution in [0.15, 0.2) is 35.5 Å². The first-order valence-corrected chi connectivity index (χ1v) is 6.92. The average Bonchev–Trinajstić information content (AvgIpc) is 2.44. The van der Waals surface area contributed by atoms with Crippen molar-refractivity contribution in [2.75, 3.05) is 30.2 Å². The topological polar surface area (TPSA) is 32.3 Å². The van der Waals surface area contributed by atoms with Crippen LogP contribution in [-0.4, -0.2) is 30.3 Å². The third kappa shape index (κ3) is 1.47. The van der Waals surface area contributed by atoms with E-state index in [1.54, 1.807) is 11.8 Å². The lowest BCUT2D eigenvalue weighted by Crippen LogP contribution is -2.26. The van der Waals surface area contributed by atoms with E-state index in [2.05, 4.69) is 40.3 Å². The van der Waals surface area contributed by atoms with Gasteiger partial charge in [0.2, 0.25) is 0 Å². The van der Waals surface area contributed by atoms with Crippen LogP contribution in [0, 0.1) is 0 Å². The maximum absolute atomic E-state index is 4.49. The Bertz CT molecular complexity index is 599. The molecule has 0 radical (unpaired) electrons. The van der Waals surface area contributed by atoms with Gasteiger partial charge < -0.3 is 9.80 Å². The van der Waals surface area contributed by atoms with E-state index >= 15 is 0 Å². The molecule has 0 aromatic carbocycles. The van der Waals surface area contributed by atoms with Gasteiger partial charge in [-0.1, -0.05) is 0 Å². The fraction of sp³-hybridized carbons (Fsp3) is 0.231. The van der Waals surface area contributed by atoms with Crippen molar-refractivity contribution in [3.8, 4) is 0 Å². The van der Waals surface area contributed by atoms with Crippen LogP contribution in [0.5, 0.6) is 0 Å². The summed E-state index contributed by atoms with van der Waals surface area (Å²) in [5.74, 6) is 1.90. The summed E-state index contributed by atoms with van der Waals surface area (Å²) in [5.41, 5.74) is 2.25. The van der Waals surface area contributed by atoms with Crippen molar-refractivity contribution in [2.45, 2.75) is 4.90 Å². The summed E-state index contributed by atoms with van der Waals surface area (Å²) in [7, 11) is 4.07. The zero-order valence-electron chi connectivity index (χ0n) is 10.6. The van der Waals surface area contributed by atoms with E-state index in [9.17, 15) is 0 Å². The second kappa shape index (κ2) is 4.17. The summed E-state index contributed by atoms with van der Waals surface area (Å²) in [6.45, 7) is 0. The van der Waals surface area contributed by atoms with Crippen molar-refractivity contribution in [1.29, 1.82) is 0 Å². The van der Waals surface area contributed by atoms with Crippen LogP contribution in [0.3, 0.4) is 0 Å². The summed E-state index contributed by atoms with van der Waals surface area (Å²) < 4.78 is 0. The molecule has 18 heavy (non-hydrogen) atoms. The molecule has 0 spiro atoms. The minimum Gasteiger partial charge on any atom is -0.338 e. The smallest absolute Gasteiger partial charge is 0.159 e. The number of nitrogens with zero attached hydrogens (tertiary/aromatic N) is 4. The summed E-state index contributed by atoms with van der Waals surface area (Å²) >= 11 is 1.74. The number of pyridine rings is 2. The molecule has 0 saturated heterocycles. The quantitative estimate of drug-likeness (QED) is 0.734. The molecule has 0 unspecified atom stereocenters. The van der Waals surface area contributed by atoms with E-state index in [0.29, 0.717) is 0 Å². The summed E-state index contributed by atoms with van der Waals surface area (Å²) in [5, 5.41) is 0. The van der Waals surface area contributed by atoms with Crippen LogP contribution >= 0.6 is 11.8 Å². The van der Waals surface area contributed by atoms with Crippen LogP contribution in [-0.2, 0) is 0 Å². The SMILES string of the molecule is CSc1ccnc2c1N(C)c1cccnc1N2C. The molecule has 92 valence electrons. The molecule has 0 N–H and O–H groups in total. The highest BCUT2D eigenvalue weighted by molar-refractivity contribution is 7.98. The highest BCUT2D eigenvalue weighted by Crippen LogP contribution is 2.47. The van der Waals surface area contributed by atoms with Gasteiger partial charge in [0.1, 0.15) is 0 Å². The number of aromatic nitrogens is 2. The molecule has 0 saturated carbocycles. The maximum atomic E-state index is 4.49. The normalized spacial score (nSPS) is 13.3. The molecular weight excluding hydrogens is 244 g/mol. The Balaban J connectivity index is 2.27. The van der Waals surface area contributed by atoms with Gasteiger partial charge in [-0.2, -0.15) is 0 Å². The van der Waals surface area contributed by atoms with Crippen molar-refractivity contribution in [2.24, 2.45) is 0 Å². The van der Waals surface area contributed by atoms with Gasteiger partial charge in [-0.3, -0.25) is 0 Å². The lowest BCUT2D eigenvalue weighted by molar-refractivity contribution is 0.992. The van der Waals surface area contributed by atoms with Crippen LogP contribution in [0.1, 0.15) is 0 Å². The number of anilines is 4. The molecule has 0 aliphatic carbocycles. The van der Waals surface area contributed by atoms with E-state index < -0.39 is 0 Å². The number of fused-ring (bicyclic) bond motifs is 2. The zero-order chi connectivity index (χ0) is 12.7. The predicted molar refractivity (Wildman–Crippen MR) is 76.4 cm³/mol. The number of hydrogen-bond donors (Lipinski definition) is 0. The summed E-state index contributed by atoms with van der Waals surface area (Å²) in [4.78, 5) is 14.4. The molecule has 3 rings (SSSR count). The van der Waals surface area contributed by atoms with E-state index in [0.717, 1.165) is 23.0 Å². The maximum Gasteiger partial charge on any atom is 0.159 e. The molecule has 5 heteroatoms. The van der Waals surface area contributed by atoms with Gasteiger partial charge in [0.15, 0.2) is 11.6 Å². The van der Waals surface area contributed by atoms with Gasteiger partial charge in [-0.25, -0.2) is 9.97 Å². The molecule has 4 nitrogen and oxygen atoms in total. The third-order valence-corrected chi connectivity index (χ3v) is 3.96. The Morgan fingerprint density at radius 3 is 2.56 bits per heavy atom. The first kappa shape index (κ1) is 11.3. The minimum absolute atomic E-state index is 0.943. The first-order chi connectivity index (χ1) is 8.74. The van der Waals surface area contributed by atoms with Crippen molar-refractivity contribution in [3.05, 3.63) is 30.6 Å². The number of hydrogen-bond acceptors (Lipinski definition) is 5. The molecule has 0 atom stereocenters. The predicted octanol–water partition coefficient (Wildman–Crippen LogP) is 3.05. The molecule has 2 aromatic rings. The summed E-state index contributed by atoms with van der Waals surface area (Å²) in [6.07, 6.45) is 5.75. The van der Waals surface area contributed by atoms with Crippen molar-refractivity contribution in [3.63, 3.8) is 0 Å². The van der Waals surface area contributed by atoms with E-state index in [1.807, 2.05) is 30.4 Å². The van der Waals surface area contributed by atoms with Crippen LogP contribution in [0.2, 0.25) is 0 Å². The lowest BCUT2D eigenvalue weighted by Gasteiger charge is -2.35. The van der Waals surface area contributed by atoms with E-state index in [4.69, 9.17) is 0 Å².